The Kier molecular flexibility index (Phi) is 3.64. The van der Waals surface area contributed by atoms with Gasteiger partial charge < -0.3 is 4.74 Å². The average Bonchev–Trinajstić information content (AvgIpc) is 3.09. The molecule has 4 rings (SSSR count). The molecule has 3 aromatic rings. The summed E-state index contributed by atoms with van der Waals surface area (Å²) in [5.74, 6) is -0.667. The van der Waals surface area contributed by atoms with E-state index in [2.05, 4.69) is 24.9 Å². The maximum Gasteiger partial charge on any atom is 0.540 e. The number of benzene rings is 2. The summed E-state index contributed by atoms with van der Waals surface area (Å²) in [7, 11) is 0. The maximum absolute atomic E-state index is 13.9. The van der Waals surface area contributed by atoms with Gasteiger partial charge in [0.2, 0.25) is 0 Å². The normalized spacial score (nSPS) is 16.9. The van der Waals surface area contributed by atoms with Gasteiger partial charge in [0.25, 0.3) is 0 Å². The van der Waals surface area contributed by atoms with E-state index in [1.165, 1.54) is 6.07 Å². The summed E-state index contributed by atoms with van der Waals surface area (Å²) >= 11 is 0. The quantitative estimate of drug-likeness (QED) is 0.683. The first-order valence-corrected chi connectivity index (χ1v) is 7.50. The van der Waals surface area contributed by atoms with Gasteiger partial charge in [0.05, 0.1) is 5.56 Å². The summed E-state index contributed by atoms with van der Waals surface area (Å²) in [6.45, 7) is 0. The zero-order valence-corrected chi connectivity index (χ0v) is 13.2. The second kappa shape index (κ2) is 5.78. The molecule has 0 amide bonds. The summed E-state index contributed by atoms with van der Waals surface area (Å²) in [6.07, 6.45) is -8.64. The molecular formula is C17H8F4N4O2. The fourth-order valence-corrected chi connectivity index (χ4v) is 2.73. The molecule has 0 saturated heterocycles. The third kappa shape index (κ3) is 2.98. The molecule has 0 fully saturated rings. The first-order valence-electron chi connectivity index (χ1n) is 7.50. The molecule has 6 nitrogen and oxygen atoms in total. The highest BCUT2D eigenvalue weighted by molar-refractivity contribution is 5.74. The first kappa shape index (κ1) is 17.0. The molecule has 27 heavy (non-hydrogen) atoms. The van der Waals surface area contributed by atoms with Gasteiger partial charge in [-0.05, 0) is 29.3 Å². The van der Waals surface area contributed by atoms with Crippen molar-refractivity contribution in [2.45, 2.75) is 12.4 Å². The van der Waals surface area contributed by atoms with Crippen molar-refractivity contribution in [3.05, 3.63) is 53.7 Å². The van der Waals surface area contributed by atoms with Gasteiger partial charge in [0.1, 0.15) is 17.5 Å². The van der Waals surface area contributed by atoms with Crippen molar-refractivity contribution >= 4 is 0 Å². The molecular weight excluding hydrogens is 368 g/mol. The van der Waals surface area contributed by atoms with Crippen molar-refractivity contribution in [2.75, 3.05) is 0 Å². The smallest absolute Gasteiger partial charge is 0.409 e. The predicted octanol–water partition coefficient (Wildman–Crippen LogP) is 4.02. The van der Waals surface area contributed by atoms with Crippen molar-refractivity contribution in [3.8, 4) is 34.2 Å². The molecule has 2 heterocycles. The van der Waals surface area contributed by atoms with Gasteiger partial charge in [-0.1, -0.05) is 29.5 Å². The Morgan fingerprint density at radius 3 is 2.52 bits per heavy atom. The van der Waals surface area contributed by atoms with Crippen molar-refractivity contribution in [1.82, 2.24) is 15.4 Å². The SMILES string of the molecule is N#Cc1[nH]nnc1-c1cccc(-c2ccc3c(c2)C(F)(F)OC(F)(F)O3)c1. The molecule has 2 aromatic carbocycles. The Labute approximate surface area is 149 Å². The van der Waals surface area contributed by atoms with E-state index in [1.54, 1.807) is 24.3 Å². The minimum absolute atomic E-state index is 0.146. The number of ether oxygens (including phenoxy) is 2. The number of H-pyrrole nitrogens is 1. The second-order valence-electron chi connectivity index (χ2n) is 5.62. The number of nitrogens with zero attached hydrogens (tertiary/aromatic N) is 3. The fraction of sp³-hybridized carbons (Fsp3) is 0.118. The molecule has 0 unspecified atom stereocenters. The minimum atomic E-state index is -4.42. The minimum Gasteiger partial charge on any atom is -0.409 e. The number of aromatic amines is 1. The van der Waals surface area contributed by atoms with Crippen LogP contribution in [0.5, 0.6) is 5.75 Å². The van der Waals surface area contributed by atoms with Crippen molar-refractivity contribution in [1.29, 1.82) is 5.26 Å². The van der Waals surface area contributed by atoms with Crippen LogP contribution in [0.2, 0.25) is 0 Å². The van der Waals surface area contributed by atoms with Crippen molar-refractivity contribution in [3.63, 3.8) is 0 Å². The Morgan fingerprint density at radius 2 is 1.74 bits per heavy atom. The lowest BCUT2D eigenvalue weighted by Gasteiger charge is -2.30. The van der Waals surface area contributed by atoms with E-state index in [0.717, 1.165) is 12.1 Å². The highest BCUT2D eigenvalue weighted by atomic mass is 19.3. The lowest BCUT2D eigenvalue weighted by molar-refractivity contribution is -0.461. The van der Waals surface area contributed by atoms with Crippen LogP contribution in [0.4, 0.5) is 17.6 Å². The number of hydrogen-bond donors (Lipinski definition) is 1. The van der Waals surface area contributed by atoms with E-state index in [-0.39, 0.29) is 5.69 Å². The summed E-state index contributed by atoms with van der Waals surface area (Å²) in [5.41, 5.74) is 0.976. The number of rotatable bonds is 2. The zero-order valence-electron chi connectivity index (χ0n) is 13.2. The van der Waals surface area contributed by atoms with Gasteiger partial charge in [-0.25, -0.2) is 9.84 Å². The van der Waals surface area contributed by atoms with Gasteiger partial charge in [-0.15, -0.1) is 13.9 Å². The van der Waals surface area contributed by atoms with Crippen LogP contribution in [0.3, 0.4) is 0 Å². The largest absolute Gasteiger partial charge is 0.540 e. The predicted molar refractivity (Wildman–Crippen MR) is 82.5 cm³/mol. The summed E-state index contributed by atoms with van der Waals surface area (Å²) in [5, 5.41) is 18.9. The molecule has 1 aliphatic rings. The Hall–Kier alpha value is -3.45. The third-order valence-corrected chi connectivity index (χ3v) is 3.90. The maximum atomic E-state index is 13.9. The molecule has 0 aliphatic carbocycles. The highest BCUT2D eigenvalue weighted by Gasteiger charge is 2.54. The number of aromatic nitrogens is 3. The Morgan fingerprint density at radius 1 is 1.00 bits per heavy atom. The lowest BCUT2D eigenvalue weighted by Crippen LogP contribution is -2.41. The molecule has 0 saturated carbocycles. The van der Waals surface area contributed by atoms with Crippen molar-refractivity contribution in [2.24, 2.45) is 0 Å². The van der Waals surface area contributed by atoms with Crippen LogP contribution >= 0.6 is 0 Å². The van der Waals surface area contributed by atoms with E-state index in [1.807, 2.05) is 6.07 Å². The molecule has 1 N–H and O–H groups in total. The molecule has 1 aromatic heterocycles. The highest BCUT2D eigenvalue weighted by Crippen LogP contribution is 2.47. The van der Waals surface area contributed by atoms with Crippen LogP contribution in [-0.4, -0.2) is 21.7 Å². The Bertz CT molecular complexity index is 1070. The molecule has 136 valence electrons. The van der Waals surface area contributed by atoms with E-state index < -0.39 is 23.7 Å². The number of nitriles is 1. The van der Waals surface area contributed by atoms with Gasteiger partial charge >= 0.3 is 12.4 Å². The number of fused-ring (bicyclic) bond motifs is 1. The standard InChI is InChI=1S/C17H8F4N4O2/c18-16(19)12-7-10(4-5-14(12)26-17(20,21)27-16)9-2-1-3-11(6-9)15-13(8-22)23-25-24-15/h1-7H,(H,23,24,25). The third-order valence-electron chi connectivity index (χ3n) is 3.90. The van der Waals surface area contributed by atoms with E-state index in [4.69, 9.17) is 5.26 Å². The van der Waals surface area contributed by atoms with Crippen LogP contribution < -0.4 is 4.74 Å². The first-order chi connectivity index (χ1) is 12.8. The summed E-state index contributed by atoms with van der Waals surface area (Å²) in [4.78, 5) is 0. The van der Waals surface area contributed by atoms with Gasteiger partial charge in [-0.2, -0.15) is 14.0 Å². The van der Waals surface area contributed by atoms with Gasteiger partial charge in [-0.3, -0.25) is 0 Å². The van der Waals surface area contributed by atoms with E-state index >= 15 is 0 Å². The zero-order chi connectivity index (χ0) is 19.2. The van der Waals surface area contributed by atoms with Crippen LogP contribution in [0, 0.1) is 11.3 Å². The van der Waals surface area contributed by atoms with Crippen LogP contribution in [0.1, 0.15) is 11.3 Å². The molecule has 1 aliphatic heterocycles. The fourth-order valence-electron chi connectivity index (χ4n) is 2.73. The Balaban J connectivity index is 1.78. The molecule has 0 spiro atoms. The average molecular weight is 376 g/mol. The molecule has 0 atom stereocenters. The van der Waals surface area contributed by atoms with Crippen LogP contribution in [0.15, 0.2) is 42.5 Å². The van der Waals surface area contributed by atoms with Crippen LogP contribution in [0.25, 0.3) is 22.4 Å². The molecule has 10 heteroatoms. The van der Waals surface area contributed by atoms with E-state index in [0.29, 0.717) is 22.4 Å². The van der Waals surface area contributed by atoms with Gasteiger partial charge in [0.15, 0.2) is 5.69 Å². The van der Waals surface area contributed by atoms with Crippen LogP contribution in [-0.2, 0) is 10.8 Å². The molecule has 0 bridgehead atoms. The van der Waals surface area contributed by atoms with Gasteiger partial charge in [0, 0.05) is 5.56 Å². The summed E-state index contributed by atoms with van der Waals surface area (Å²) in [6, 6.07) is 11.9. The molecule has 0 radical (unpaired) electrons. The number of alkyl halides is 4. The monoisotopic (exact) mass is 376 g/mol. The second-order valence-corrected chi connectivity index (χ2v) is 5.62. The topological polar surface area (TPSA) is 83.8 Å². The number of hydrogen-bond acceptors (Lipinski definition) is 5. The lowest BCUT2D eigenvalue weighted by atomic mass is 9.98. The summed E-state index contributed by atoms with van der Waals surface area (Å²) < 4.78 is 61.7. The van der Waals surface area contributed by atoms with Crippen molar-refractivity contribution < 1.29 is 27.0 Å². The number of halogens is 4. The van der Waals surface area contributed by atoms with E-state index in [9.17, 15) is 17.6 Å². The number of nitrogens with one attached hydrogen (secondary N) is 1.